The van der Waals surface area contributed by atoms with E-state index in [2.05, 4.69) is 11.8 Å². The normalized spacial score (nSPS) is 21.3. The van der Waals surface area contributed by atoms with Gasteiger partial charge in [-0.2, -0.15) is 4.31 Å². The summed E-state index contributed by atoms with van der Waals surface area (Å²) in [6.45, 7) is 5.27. The van der Waals surface area contributed by atoms with E-state index in [0.717, 1.165) is 35.0 Å². The minimum absolute atomic E-state index is 0.123. The van der Waals surface area contributed by atoms with E-state index in [1.807, 2.05) is 4.90 Å². The number of hydrogen-bond acceptors (Lipinski definition) is 6. The Bertz CT molecular complexity index is 868. The van der Waals surface area contributed by atoms with Crippen LogP contribution in [-0.4, -0.2) is 98.1 Å². The van der Waals surface area contributed by atoms with Crippen LogP contribution < -0.4 is 0 Å². The first kappa shape index (κ1) is 23.5. The van der Waals surface area contributed by atoms with Crippen LogP contribution in [0.4, 0.5) is 0 Å². The predicted molar refractivity (Wildman–Crippen MR) is 117 cm³/mol. The molecular formula is C19H29ClN4O4S2. The lowest BCUT2D eigenvalue weighted by Gasteiger charge is -2.38. The molecule has 8 nitrogen and oxygen atoms in total. The average Bonchev–Trinajstić information content (AvgIpc) is 3.16. The van der Waals surface area contributed by atoms with Gasteiger partial charge in [-0.05, 0) is 38.3 Å². The summed E-state index contributed by atoms with van der Waals surface area (Å²) < 4.78 is 26.7. The number of piperidine rings is 1. The molecule has 0 aromatic carbocycles. The van der Waals surface area contributed by atoms with E-state index in [0.29, 0.717) is 43.1 Å². The number of likely N-dealkylation sites (N-methyl/N-ethyl adjacent to an activating group) is 1. The van der Waals surface area contributed by atoms with Crippen LogP contribution in [0.5, 0.6) is 0 Å². The van der Waals surface area contributed by atoms with Gasteiger partial charge in [-0.15, -0.1) is 11.3 Å². The molecule has 2 aliphatic rings. The highest BCUT2D eigenvalue weighted by Gasteiger charge is 2.30. The highest BCUT2D eigenvalue weighted by molar-refractivity contribution is 7.91. The maximum atomic E-state index is 12.6. The van der Waals surface area contributed by atoms with Gasteiger partial charge in [-0.1, -0.05) is 11.6 Å². The largest absolute Gasteiger partial charge is 0.339 e. The first-order chi connectivity index (χ1) is 14.2. The van der Waals surface area contributed by atoms with E-state index in [1.165, 1.54) is 25.6 Å². The van der Waals surface area contributed by atoms with Gasteiger partial charge in [0.05, 0.1) is 17.4 Å². The van der Waals surface area contributed by atoms with Crippen molar-refractivity contribution in [3.05, 3.63) is 16.5 Å². The third-order valence-electron chi connectivity index (χ3n) is 5.78. The van der Waals surface area contributed by atoms with E-state index in [1.54, 1.807) is 4.90 Å². The monoisotopic (exact) mass is 476 g/mol. The Kier molecular flexibility index (Phi) is 7.78. The number of thiophene rings is 1. The van der Waals surface area contributed by atoms with Gasteiger partial charge in [0.25, 0.3) is 10.0 Å². The maximum absolute atomic E-state index is 12.6. The topological polar surface area (TPSA) is 81.2 Å². The molecule has 1 unspecified atom stereocenters. The quantitative estimate of drug-likeness (QED) is 0.622. The smallest absolute Gasteiger partial charge is 0.252 e. The standard InChI is InChI=1S/C19H29ClN4O4S2/c1-15-5-3-4-8-24(15)18(26)14-22-9-11-23(12-10-22)17(25)13-21(2)30(27,28)19-7-6-16(20)29-19/h6-7,15H,3-5,8-14H2,1-2H3. The van der Waals surface area contributed by atoms with Crippen molar-refractivity contribution in [2.75, 3.05) is 52.9 Å². The summed E-state index contributed by atoms with van der Waals surface area (Å²) in [5, 5.41) is 0. The fourth-order valence-electron chi connectivity index (χ4n) is 3.87. The lowest BCUT2D eigenvalue weighted by molar-refractivity contribution is -0.137. The van der Waals surface area contributed by atoms with Crippen LogP contribution in [0.2, 0.25) is 4.34 Å². The lowest BCUT2D eigenvalue weighted by atomic mass is 10.0. The molecule has 2 fully saturated rings. The highest BCUT2D eigenvalue weighted by atomic mass is 35.5. The van der Waals surface area contributed by atoms with Gasteiger partial charge < -0.3 is 9.80 Å². The first-order valence-electron chi connectivity index (χ1n) is 10.2. The molecule has 2 amide bonds. The van der Waals surface area contributed by atoms with Gasteiger partial charge in [0.2, 0.25) is 11.8 Å². The van der Waals surface area contributed by atoms with Crippen molar-refractivity contribution in [1.29, 1.82) is 0 Å². The van der Waals surface area contributed by atoms with Crippen molar-refractivity contribution in [1.82, 2.24) is 19.0 Å². The molecule has 1 atom stereocenters. The van der Waals surface area contributed by atoms with Gasteiger partial charge in [-0.25, -0.2) is 8.42 Å². The molecule has 3 heterocycles. The highest BCUT2D eigenvalue weighted by Crippen LogP contribution is 2.27. The Morgan fingerprint density at radius 3 is 2.43 bits per heavy atom. The second-order valence-corrected chi connectivity index (χ2v) is 11.9. The number of halogens is 1. The van der Waals surface area contributed by atoms with E-state index >= 15 is 0 Å². The van der Waals surface area contributed by atoms with Crippen molar-refractivity contribution in [2.45, 2.75) is 36.4 Å². The number of nitrogens with zero attached hydrogens (tertiary/aromatic N) is 4. The van der Waals surface area contributed by atoms with Crippen molar-refractivity contribution in [2.24, 2.45) is 0 Å². The molecule has 168 valence electrons. The third kappa shape index (κ3) is 5.53. The second-order valence-electron chi connectivity index (χ2n) is 7.91. The van der Waals surface area contributed by atoms with Crippen LogP contribution in [-0.2, 0) is 19.6 Å². The summed E-state index contributed by atoms with van der Waals surface area (Å²) in [6.07, 6.45) is 3.30. The first-order valence-corrected chi connectivity index (χ1v) is 12.8. The van der Waals surface area contributed by atoms with Gasteiger partial charge in [0.1, 0.15) is 4.21 Å². The van der Waals surface area contributed by atoms with Crippen molar-refractivity contribution in [3.63, 3.8) is 0 Å². The van der Waals surface area contributed by atoms with Crippen molar-refractivity contribution in [3.8, 4) is 0 Å². The summed E-state index contributed by atoms with van der Waals surface area (Å²) in [6, 6.07) is 3.27. The molecule has 30 heavy (non-hydrogen) atoms. The SMILES string of the molecule is CC1CCCCN1C(=O)CN1CCN(C(=O)CN(C)S(=O)(=O)c2ccc(Cl)s2)CC1. The molecule has 0 saturated carbocycles. The molecule has 1 aromatic heterocycles. The van der Waals surface area contributed by atoms with E-state index in [9.17, 15) is 18.0 Å². The number of sulfonamides is 1. The molecule has 1 aromatic rings. The molecule has 0 spiro atoms. The Morgan fingerprint density at radius 1 is 1.13 bits per heavy atom. The molecule has 0 aliphatic carbocycles. The second kappa shape index (κ2) is 9.95. The van der Waals surface area contributed by atoms with Gasteiger partial charge in [-0.3, -0.25) is 14.5 Å². The van der Waals surface area contributed by atoms with Crippen LogP contribution in [0.15, 0.2) is 16.3 Å². The van der Waals surface area contributed by atoms with E-state index in [4.69, 9.17) is 11.6 Å². The van der Waals surface area contributed by atoms with Crippen molar-refractivity contribution >= 4 is 44.8 Å². The number of likely N-dealkylation sites (tertiary alicyclic amines) is 1. The van der Waals surface area contributed by atoms with Crippen LogP contribution in [0, 0.1) is 0 Å². The molecule has 2 saturated heterocycles. The molecule has 0 N–H and O–H groups in total. The molecule has 0 radical (unpaired) electrons. The fraction of sp³-hybridized carbons (Fsp3) is 0.684. The Hall–Kier alpha value is -1.20. The zero-order valence-corrected chi connectivity index (χ0v) is 19.8. The van der Waals surface area contributed by atoms with Crippen molar-refractivity contribution < 1.29 is 18.0 Å². The summed E-state index contributed by atoms with van der Waals surface area (Å²) in [5.41, 5.74) is 0. The number of amides is 2. The predicted octanol–water partition coefficient (Wildman–Crippen LogP) is 1.57. The summed E-state index contributed by atoms with van der Waals surface area (Å²) >= 11 is 6.81. The minimum atomic E-state index is -3.74. The summed E-state index contributed by atoms with van der Waals surface area (Å²) in [5.74, 6) is -0.0817. The third-order valence-corrected chi connectivity index (χ3v) is 9.28. The van der Waals surface area contributed by atoms with E-state index < -0.39 is 10.0 Å². The molecule has 0 bridgehead atoms. The molecular weight excluding hydrogens is 448 g/mol. The summed E-state index contributed by atoms with van der Waals surface area (Å²) in [4.78, 5) is 30.9. The van der Waals surface area contributed by atoms with E-state index in [-0.39, 0.29) is 22.6 Å². The minimum Gasteiger partial charge on any atom is -0.339 e. The van der Waals surface area contributed by atoms with Crippen LogP contribution >= 0.6 is 22.9 Å². The number of rotatable bonds is 6. The Labute approximate surface area is 187 Å². The van der Waals surface area contributed by atoms with Gasteiger partial charge in [0, 0.05) is 45.8 Å². The zero-order chi connectivity index (χ0) is 21.9. The number of piperazine rings is 1. The number of carbonyl (C=O) groups is 2. The molecule has 3 rings (SSSR count). The van der Waals surface area contributed by atoms with Crippen LogP contribution in [0.1, 0.15) is 26.2 Å². The fourth-order valence-corrected chi connectivity index (χ4v) is 6.69. The summed E-state index contributed by atoms with van der Waals surface area (Å²) in [7, 11) is -2.34. The van der Waals surface area contributed by atoms with Gasteiger partial charge in [0.15, 0.2) is 0 Å². The zero-order valence-electron chi connectivity index (χ0n) is 17.4. The average molecular weight is 477 g/mol. The number of hydrogen-bond donors (Lipinski definition) is 0. The Balaban J connectivity index is 1.47. The lowest BCUT2D eigenvalue weighted by Crippen LogP contribution is -2.54. The Morgan fingerprint density at radius 2 is 1.83 bits per heavy atom. The maximum Gasteiger partial charge on any atom is 0.252 e. The molecule has 2 aliphatic heterocycles. The van der Waals surface area contributed by atoms with Gasteiger partial charge >= 0.3 is 0 Å². The molecule has 11 heteroatoms. The van der Waals surface area contributed by atoms with Crippen LogP contribution in [0.3, 0.4) is 0 Å². The number of carbonyl (C=O) groups excluding carboxylic acids is 2. The van der Waals surface area contributed by atoms with Crippen LogP contribution in [0.25, 0.3) is 0 Å².